The number of aliphatic hydroxyl groups excluding tert-OH is 1. The molecule has 186 valence electrons. The molecule has 2 N–H and O–H groups in total. The molecule has 0 aromatic carbocycles. The van der Waals surface area contributed by atoms with Crippen LogP contribution in [0.15, 0.2) is 6.20 Å². The first-order chi connectivity index (χ1) is 15.9. The molecule has 1 aliphatic heterocycles. The van der Waals surface area contributed by atoms with Gasteiger partial charge in [-0.15, -0.1) is 5.10 Å². The second-order valence-corrected chi connectivity index (χ2v) is 9.62. The predicted molar refractivity (Wildman–Crippen MR) is 123 cm³/mol. The minimum absolute atomic E-state index is 0.00721. The Morgan fingerprint density at radius 3 is 2.82 bits per heavy atom. The van der Waals surface area contributed by atoms with Gasteiger partial charge in [-0.25, -0.2) is 9.48 Å². The van der Waals surface area contributed by atoms with Crippen molar-refractivity contribution >= 4 is 11.9 Å². The molecule has 1 saturated carbocycles. The predicted octanol–water partition coefficient (Wildman–Crippen LogP) is 1.78. The number of aliphatic hydroxyl groups is 1. The monoisotopic (exact) mass is 464 g/mol. The molecule has 1 fully saturated rings. The average molecular weight is 465 g/mol. The van der Waals surface area contributed by atoms with Gasteiger partial charge in [-0.1, -0.05) is 31.4 Å². The first-order valence-electron chi connectivity index (χ1n) is 12.3. The van der Waals surface area contributed by atoms with Gasteiger partial charge in [-0.05, 0) is 26.2 Å². The van der Waals surface area contributed by atoms with E-state index in [0.29, 0.717) is 39.1 Å². The largest absolute Gasteiger partial charge is 0.394 e. The summed E-state index contributed by atoms with van der Waals surface area (Å²) >= 11 is 0. The number of fused-ring (bicyclic) bond motifs is 1. The number of urea groups is 1. The Morgan fingerprint density at radius 2 is 2.09 bits per heavy atom. The van der Waals surface area contributed by atoms with Crippen LogP contribution in [0.4, 0.5) is 4.79 Å². The Morgan fingerprint density at radius 1 is 1.33 bits per heavy atom. The van der Waals surface area contributed by atoms with Gasteiger partial charge < -0.3 is 25.0 Å². The summed E-state index contributed by atoms with van der Waals surface area (Å²) in [6.07, 6.45) is 8.04. The van der Waals surface area contributed by atoms with Gasteiger partial charge in [-0.2, -0.15) is 0 Å². The van der Waals surface area contributed by atoms with E-state index in [1.807, 2.05) is 13.8 Å². The molecule has 3 amide bonds. The van der Waals surface area contributed by atoms with Crippen LogP contribution in [0.3, 0.4) is 0 Å². The van der Waals surface area contributed by atoms with Crippen LogP contribution in [0.1, 0.15) is 64.5 Å². The van der Waals surface area contributed by atoms with Gasteiger partial charge in [0.15, 0.2) is 0 Å². The topological polar surface area (TPSA) is 113 Å². The minimum Gasteiger partial charge on any atom is -0.394 e. The van der Waals surface area contributed by atoms with Gasteiger partial charge in [-0.3, -0.25) is 4.79 Å². The summed E-state index contributed by atoms with van der Waals surface area (Å²) in [5.41, 5.74) is 0.857. The lowest BCUT2D eigenvalue weighted by Crippen LogP contribution is -2.50. The highest BCUT2D eigenvalue weighted by Crippen LogP contribution is 2.20. The van der Waals surface area contributed by atoms with E-state index in [-0.39, 0.29) is 42.7 Å². The highest BCUT2D eigenvalue weighted by Gasteiger charge is 2.29. The summed E-state index contributed by atoms with van der Waals surface area (Å²) < 4.78 is 8.07. The Hall–Kier alpha value is -2.20. The Balaban J connectivity index is 1.72. The summed E-state index contributed by atoms with van der Waals surface area (Å²) in [5.74, 6) is -0.0376. The summed E-state index contributed by atoms with van der Waals surface area (Å²) in [6, 6.07) is -0.132. The van der Waals surface area contributed by atoms with Gasteiger partial charge in [0.05, 0.1) is 37.3 Å². The van der Waals surface area contributed by atoms with Crippen molar-refractivity contribution in [2.45, 2.75) is 90.1 Å². The molecule has 1 aromatic rings. The molecule has 2 heterocycles. The smallest absolute Gasteiger partial charge is 0.317 e. The van der Waals surface area contributed by atoms with Crippen molar-refractivity contribution < 1.29 is 19.4 Å². The second kappa shape index (κ2) is 12.3. The van der Waals surface area contributed by atoms with E-state index in [0.717, 1.165) is 31.4 Å². The molecule has 0 radical (unpaired) electrons. The van der Waals surface area contributed by atoms with Crippen molar-refractivity contribution in [3.63, 3.8) is 0 Å². The van der Waals surface area contributed by atoms with Gasteiger partial charge in [0.1, 0.15) is 0 Å². The van der Waals surface area contributed by atoms with E-state index in [1.165, 1.54) is 6.42 Å². The van der Waals surface area contributed by atoms with E-state index in [1.54, 1.807) is 27.7 Å². The average Bonchev–Trinajstić information content (AvgIpc) is 3.26. The zero-order valence-corrected chi connectivity index (χ0v) is 20.3. The lowest BCUT2D eigenvalue weighted by molar-refractivity contribution is -0.136. The molecule has 3 rings (SSSR count). The normalized spacial score (nSPS) is 24.4. The molecule has 1 aromatic heterocycles. The molecule has 3 atom stereocenters. The number of carbonyl (C=O) groups excluding carboxylic acids is 2. The maximum atomic E-state index is 12.9. The molecule has 0 spiro atoms. The Kier molecular flexibility index (Phi) is 9.49. The zero-order chi connectivity index (χ0) is 23.8. The maximum absolute atomic E-state index is 12.9. The molecule has 33 heavy (non-hydrogen) atoms. The lowest BCUT2D eigenvalue weighted by atomic mass is 9.96. The molecular formula is C23H40N6O4. The fourth-order valence-electron chi connectivity index (χ4n) is 4.63. The summed E-state index contributed by atoms with van der Waals surface area (Å²) in [7, 11) is 1.79. The third-order valence-corrected chi connectivity index (χ3v) is 6.87. The van der Waals surface area contributed by atoms with Crippen LogP contribution in [0.2, 0.25) is 0 Å². The van der Waals surface area contributed by atoms with Crippen LogP contribution in [-0.2, 0) is 22.7 Å². The minimum atomic E-state index is -0.295. The fourth-order valence-corrected chi connectivity index (χ4v) is 4.63. The molecule has 2 aliphatic rings. The first kappa shape index (κ1) is 25.4. The van der Waals surface area contributed by atoms with Crippen molar-refractivity contribution in [3.05, 3.63) is 11.9 Å². The zero-order valence-electron chi connectivity index (χ0n) is 20.3. The van der Waals surface area contributed by atoms with Crippen molar-refractivity contribution in [1.82, 2.24) is 30.1 Å². The van der Waals surface area contributed by atoms with Crippen LogP contribution >= 0.6 is 0 Å². The number of nitrogens with zero attached hydrogens (tertiary/aromatic N) is 5. The SMILES string of the molecule is C[C@@H]1CN([C@@H](C)CO)C(=O)CCCn2nncc2CO[C@H]1CN(C)C(=O)NC1CCCCC1. The number of nitrogens with one attached hydrogen (secondary N) is 1. The Labute approximate surface area is 196 Å². The van der Waals surface area contributed by atoms with Gasteiger partial charge in [0.2, 0.25) is 5.91 Å². The van der Waals surface area contributed by atoms with Crippen molar-refractivity contribution in [1.29, 1.82) is 0 Å². The van der Waals surface area contributed by atoms with Gasteiger partial charge >= 0.3 is 6.03 Å². The molecule has 1 aliphatic carbocycles. The highest BCUT2D eigenvalue weighted by molar-refractivity contribution is 5.76. The molecule has 10 nitrogen and oxygen atoms in total. The molecule has 0 saturated heterocycles. The number of rotatable bonds is 5. The van der Waals surface area contributed by atoms with E-state index < -0.39 is 0 Å². The van der Waals surface area contributed by atoms with E-state index in [2.05, 4.69) is 15.6 Å². The summed E-state index contributed by atoms with van der Waals surface area (Å²) in [6.45, 7) is 5.56. The molecule has 0 unspecified atom stereocenters. The molecule has 10 heteroatoms. The van der Waals surface area contributed by atoms with Gasteiger partial charge in [0, 0.05) is 45.1 Å². The Bertz CT molecular complexity index is 766. The number of amides is 3. The quantitative estimate of drug-likeness (QED) is 0.687. The number of aryl methyl sites for hydroxylation is 1. The first-order valence-corrected chi connectivity index (χ1v) is 12.3. The number of likely N-dealkylation sites (N-methyl/N-ethyl adjacent to an activating group) is 1. The fraction of sp³-hybridized carbons (Fsp3) is 0.826. The number of carbonyl (C=O) groups is 2. The van der Waals surface area contributed by atoms with E-state index in [4.69, 9.17) is 4.74 Å². The lowest BCUT2D eigenvalue weighted by Gasteiger charge is -2.36. The van der Waals surface area contributed by atoms with Crippen LogP contribution in [-0.4, -0.2) is 86.8 Å². The van der Waals surface area contributed by atoms with E-state index in [9.17, 15) is 14.7 Å². The standard InChI is InChI=1S/C23H40N6O4/c1-17-13-28(18(2)15-30)22(31)10-7-11-29-20(12-24-26-29)16-33-21(17)14-27(3)23(32)25-19-8-5-4-6-9-19/h12,17-19,21,30H,4-11,13-16H2,1-3H3,(H,25,32)/t17-,18+,21+/m1/s1. The molecule has 0 bridgehead atoms. The second-order valence-electron chi connectivity index (χ2n) is 9.62. The summed E-state index contributed by atoms with van der Waals surface area (Å²) in [4.78, 5) is 29.2. The van der Waals surface area contributed by atoms with Crippen molar-refractivity contribution in [2.75, 3.05) is 26.7 Å². The van der Waals surface area contributed by atoms with Crippen molar-refractivity contribution in [3.8, 4) is 0 Å². The molecular weight excluding hydrogens is 424 g/mol. The van der Waals surface area contributed by atoms with Crippen LogP contribution in [0, 0.1) is 5.92 Å². The van der Waals surface area contributed by atoms with E-state index >= 15 is 0 Å². The third-order valence-electron chi connectivity index (χ3n) is 6.87. The number of ether oxygens (including phenoxy) is 1. The van der Waals surface area contributed by atoms with Crippen LogP contribution in [0.25, 0.3) is 0 Å². The highest BCUT2D eigenvalue weighted by atomic mass is 16.5. The number of hydrogen-bond donors (Lipinski definition) is 2. The van der Waals surface area contributed by atoms with Crippen LogP contribution in [0.5, 0.6) is 0 Å². The number of hydrogen-bond acceptors (Lipinski definition) is 6. The summed E-state index contributed by atoms with van der Waals surface area (Å²) in [5, 5.41) is 21.0. The van der Waals surface area contributed by atoms with Gasteiger partial charge in [0.25, 0.3) is 0 Å². The third kappa shape index (κ3) is 7.14. The maximum Gasteiger partial charge on any atom is 0.317 e. The van der Waals surface area contributed by atoms with Crippen LogP contribution < -0.4 is 5.32 Å². The van der Waals surface area contributed by atoms with Crippen molar-refractivity contribution in [2.24, 2.45) is 5.92 Å². The number of aromatic nitrogens is 3.